The fraction of sp³-hybridized carbons (Fsp3) is 0.643. The highest BCUT2D eigenvalue weighted by Gasteiger charge is 2.29. The van der Waals surface area contributed by atoms with Gasteiger partial charge in [-0.25, -0.2) is 9.67 Å². The van der Waals surface area contributed by atoms with Gasteiger partial charge in [-0.1, -0.05) is 12.1 Å². The minimum atomic E-state index is -0.609. The van der Waals surface area contributed by atoms with E-state index < -0.39 is 5.91 Å². The van der Waals surface area contributed by atoms with Crippen molar-refractivity contribution in [2.45, 2.75) is 45.2 Å². The van der Waals surface area contributed by atoms with Crippen LogP contribution in [0.2, 0.25) is 0 Å². The lowest BCUT2D eigenvalue weighted by Gasteiger charge is -2.35. The summed E-state index contributed by atoms with van der Waals surface area (Å²) in [5.41, 5.74) is 5.21. The monoisotopic (exact) mass is 319 g/mol. The highest BCUT2D eigenvalue weighted by Crippen LogP contribution is 2.27. The van der Waals surface area contributed by atoms with Gasteiger partial charge in [0.2, 0.25) is 11.7 Å². The summed E-state index contributed by atoms with van der Waals surface area (Å²) in [5, 5.41) is 8.13. The van der Waals surface area contributed by atoms with Crippen molar-refractivity contribution in [3.63, 3.8) is 0 Å². The summed E-state index contributed by atoms with van der Waals surface area (Å²) in [7, 11) is 0. The van der Waals surface area contributed by atoms with Gasteiger partial charge in [-0.3, -0.25) is 9.69 Å². The maximum Gasteiger partial charge on any atom is 0.288 e. The molecule has 0 unspecified atom stereocenters. The fourth-order valence-corrected chi connectivity index (χ4v) is 2.85. The molecule has 1 aliphatic heterocycles. The van der Waals surface area contributed by atoms with Crippen LogP contribution < -0.4 is 5.73 Å². The molecule has 2 atom stereocenters. The molecule has 2 aromatic rings. The summed E-state index contributed by atoms with van der Waals surface area (Å²) >= 11 is 0. The van der Waals surface area contributed by atoms with Crippen LogP contribution in [0.1, 0.15) is 61.1 Å². The number of likely N-dealkylation sites (tertiary alicyclic amines) is 1. The van der Waals surface area contributed by atoms with Gasteiger partial charge in [0.05, 0.1) is 12.1 Å². The second-order valence-electron chi connectivity index (χ2n) is 5.78. The molecule has 1 saturated heterocycles. The highest BCUT2D eigenvalue weighted by atomic mass is 16.5. The standard InChI is InChI=1S/C14H21N7O2/c1-3-11-17-14(23-19-11)9(2)20-6-4-5-10(7-20)21-8-16-13(18-21)12(15)22/h8-10H,3-7H2,1-2H3,(H2,15,22)/t9-,10+/m1/s1. The van der Waals surface area contributed by atoms with Crippen LogP contribution in [-0.2, 0) is 6.42 Å². The Labute approximate surface area is 133 Å². The van der Waals surface area contributed by atoms with E-state index in [4.69, 9.17) is 10.3 Å². The van der Waals surface area contributed by atoms with Gasteiger partial charge in [-0.15, -0.1) is 5.10 Å². The Hall–Kier alpha value is -2.29. The smallest absolute Gasteiger partial charge is 0.288 e. The highest BCUT2D eigenvalue weighted by molar-refractivity contribution is 5.88. The van der Waals surface area contributed by atoms with E-state index in [1.807, 2.05) is 6.92 Å². The molecule has 3 heterocycles. The summed E-state index contributed by atoms with van der Waals surface area (Å²) in [6.07, 6.45) is 4.33. The summed E-state index contributed by atoms with van der Waals surface area (Å²) in [4.78, 5) is 21.8. The van der Waals surface area contributed by atoms with Crippen molar-refractivity contribution in [3.05, 3.63) is 23.9 Å². The number of hydrogen-bond acceptors (Lipinski definition) is 7. The quantitative estimate of drug-likeness (QED) is 0.863. The minimum absolute atomic E-state index is 0.0460. The lowest BCUT2D eigenvalue weighted by molar-refractivity contribution is 0.0984. The number of primary amides is 1. The SMILES string of the molecule is CCc1noc([C@@H](C)N2CCC[C@H](n3cnc(C(N)=O)n3)C2)n1. The molecule has 0 saturated carbocycles. The zero-order valence-corrected chi connectivity index (χ0v) is 13.3. The first kappa shape index (κ1) is 15.6. The van der Waals surface area contributed by atoms with Crippen LogP contribution in [0.3, 0.4) is 0 Å². The van der Waals surface area contributed by atoms with E-state index in [-0.39, 0.29) is 17.9 Å². The molecule has 0 spiro atoms. The molecule has 1 amide bonds. The summed E-state index contributed by atoms with van der Waals surface area (Å²) in [5.74, 6) is 0.809. The van der Waals surface area contributed by atoms with Gasteiger partial charge in [0, 0.05) is 13.0 Å². The molecule has 0 bridgehead atoms. The van der Waals surface area contributed by atoms with Crippen LogP contribution >= 0.6 is 0 Å². The predicted molar refractivity (Wildman–Crippen MR) is 80.5 cm³/mol. The summed E-state index contributed by atoms with van der Waals surface area (Å²) in [6, 6.07) is 0.199. The molecule has 0 aliphatic carbocycles. The molecular weight excluding hydrogens is 298 g/mol. The number of amides is 1. The Morgan fingerprint density at radius 1 is 1.57 bits per heavy atom. The largest absolute Gasteiger partial charge is 0.363 e. The molecule has 0 radical (unpaired) electrons. The second-order valence-corrected chi connectivity index (χ2v) is 5.78. The molecule has 9 nitrogen and oxygen atoms in total. The fourth-order valence-electron chi connectivity index (χ4n) is 2.85. The van der Waals surface area contributed by atoms with Gasteiger partial charge in [-0.2, -0.15) is 4.98 Å². The minimum Gasteiger partial charge on any atom is -0.363 e. The van der Waals surface area contributed by atoms with Crippen LogP contribution in [0.4, 0.5) is 0 Å². The van der Waals surface area contributed by atoms with Crippen LogP contribution in [0.5, 0.6) is 0 Å². The van der Waals surface area contributed by atoms with Crippen LogP contribution in [0.15, 0.2) is 10.9 Å². The number of nitrogens with zero attached hydrogens (tertiary/aromatic N) is 6. The molecule has 2 aromatic heterocycles. The van der Waals surface area contributed by atoms with Crippen molar-refractivity contribution in [2.24, 2.45) is 5.73 Å². The molecule has 3 rings (SSSR count). The van der Waals surface area contributed by atoms with Crippen LogP contribution in [-0.4, -0.2) is 48.8 Å². The van der Waals surface area contributed by atoms with Crippen molar-refractivity contribution < 1.29 is 9.32 Å². The Morgan fingerprint density at radius 3 is 3.04 bits per heavy atom. The second kappa shape index (κ2) is 6.45. The molecule has 9 heteroatoms. The van der Waals surface area contributed by atoms with Crippen LogP contribution in [0, 0.1) is 0 Å². The zero-order valence-electron chi connectivity index (χ0n) is 13.3. The number of nitrogens with two attached hydrogens (primary N) is 1. The Kier molecular flexibility index (Phi) is 4.37. The predicted octanol–water partition coefficient (Wildman–Crippen LogP) is 0.721. The van der Waals surface area contributed by atoms with Crippen molar-refractivity contribution in [1.29, 1.82) is 0 Å². The number of piperidine rings is 1. The van der Waals surface area contributed by atoms with E-state index in [0.717, 1.165) is 38.2 Å². The third kappa shape index (κ3) is 3.24. The number of carbonyl (C=O) groups excluding carboxylic acids is 1. The molecular formula is C14H21N7O2. The zero-order chi connectivity index (χ0) is 16.4. The van der Waals surface area contributed by atoms with Gasteiger partial charge in [0.1, 0.15) is 6.33 Å². The van der Waals surface area contributed by atoms with Gasteiger partial charge >= 0.3 is 0 Å². The lowest BCUT2D eigenvalue weighted by Crippen LogP contribution is -2.38. The van der Waals surface area contributed by atoms with E-state index in [2.05, 4.69) is 32.0 Å². The first-order valence-electron chi connectivity index (χ1n) is 7.86. The third-order valence-electron chi connectivity index (χ3n) is 4.24. The topological polar surface area (TPSA) is 116 Å². The molecule has 2 N–H and O–H groups in total. The van der Waals surface area contributed by atoms with E-state index in [0.29, 0.717) is 5.89 Å². The van der Waals surface area contributed by atoms with Crippen molar-refractivity contribution in [1.82, 2.24) is 29.8 Å². The number of rotatable bonds is 5. The normalized spacial score (nSPS) is 20.5. The van der Waals surface area contributed by atoms with Crippen molar-refractivity contribution in [3.8, 4) is 0 Å². The Morgan fingerprint density at radius 2 is 2.39 bits per heavy atom. The maximum absolute atomic E-state index is 11.1. The molecule has 0 aromatic carbocycles. The van der Waals surface area contributed by atoms with Crippen molar-refractivity contribution >= 4 is 5.91 Å². The van der Waals surface area contributed by atoms with Gasteiger partial charge in [-0.05, 0) is 26.3 Å². The first-order chi connectivity index (χ1) is 11.1. The maximum atomic E-state index is 11.1. The number of aryl methyl sites for hydroxylation is 1. The molecule has 23 heavy (non-hydrogen) atoms. The van der Waals surface area contributed by atoms with E-state index in [1.165, 1.54) is 0 Å². The average Bonchev–Trinajstić information content (AvgIpc) is 3.23. The molecule has 1 aliphatic rings. The summed E-state index contributed by atoms with van der Waals surface area (Å²) in [6.45, 7) is 5.80. The van der Waals surface area contributed by atoms with Crippen molar-refractivity contribution in [2.75, 3.05) is 13.1 Å². The number of hydrogen-bond donors (Lipinski definition) is 1. The van der Waals surface area contributed by atoms with Crippen LogP contribution in [0.25, 0.3) is 0 Å². The molecule has 124 valence electrons. The van der Waals surface area contributed by atoms with Gasteiger partial charge < -0.3 is 10.3 Å². The molecule has 1 fully saturated rings. The van der Waals surface area contributed by atoms with E-state index >= 15 is 0 Å². The average molecular weight is 319 g/mol. The van der Waals surface area contributed by atoms with Gasteiger partial charge in [0.15, 0.2) is 5.82 Å². The van der Waals surface area contributed by atoms with E-state index in [1.54, 1.807) is 11.0 Å². The van der Waals surface area contributed by atoms with Gasteiger partial charge in [0.25, 0.3) is 5.91 Å². The Bertz CT molecular complexity index is 680. The Balaban J connectivity index is 1.70. The third-order valence-corrected chi connectivity index (χ3v) is 4.24. The number of carbonyl (C=O) groups is 1. The number of aromatic nitrogens is 5. The first-order valence-corrected chi connectivity index (χ1v) is 7.86. The van der Waals surface area contributed by atoms with E-state index in [9.17, 15) is 4.79 Å². The summed E-state index contributed by atoms with van der Waals surface area (Å²) < 4.78 is 7.07. The lowest BCUT2D eigenvalue weighted by atomic mass is 10.0.